The van der Waals surface area contributed by atoms with E-state index < -0.39 is 0 Å². The van der Waals surface area contributed by atoms with Gasteiger partial charge in [-0.15, -0.1) is 0 Å². The summed E-state index contributed by atoms with van der Waals surface area (Å²) < 4.78 is 11.1. The van der Waals surface area contributed by atoms with Gasteiger partial charge < -0.3 is 14.8 Å². The lowest BCUT2D eigenvalue weighted by Gasteiger charge is -2.27. The van der Waals surface area contributed by atoms with Crippen molar-refractivity contribution in [2.75, 3.05) is 19.8 Å². The molecule has 1 aromatic rings. The molecule has 4 nitrogen and oxygen atoms in total. The first-order chi connectivity index (χ1) is 9.84. The van der Waals surface area contributed by atoms with Gasteiger partial charge in [0.15, 0.2) is 0 Å². The summed E-state index contributed by atoms with van der Waals surface area (Å²) in [6.07, 6.45) is 0.157. The Morgan fingerprint density at radius 2 is 2.05 bits per heavy atom. The van der Waals surface area contributed by atoms with Crippen LogP contribution in [0.3, 0.4) is 0 Å². The molecule has 1 saturated heterocycles. The predicted octanol–water partition coefficient (Wildman–Crippen LogP) is 2.90. The molecule has 1 aliphatic rings. The third kappa shape index (κ3) is 4.97. The molecule has 21 heavy (non-hydrogen) atoms. The second-order valence-electron chi connectivity index (χ2n) is 7.25. The van der Waals surface area contributed by atoms with Gasteiger partial charge in [-0.3, -0.25) is 0 Å². The van der Waals surface area contributed by atoms with Gasteiger partial charge in [0.05, 0.1) is 18.9 Å². The quantitative estimate of drug-likeness (QED) is 0.875. The third-order valence-electron chi connectivity index (χ3n) is 3.41. The molecule has 2 heterocycles. The molecule has 1 fully saturated rings. The lowest BCUT2D eigenvalue weighted by molar-refractivity contribution is -0.0814. The number of aromatic nitrogens is 1. The van der Waals surface area contributed by atoms with Gasteiger partial charge in [-0.05, 0) is 24.1 Å². The number of pyridine rings is 1. The fourth-order valence-electron chi connectivity index (χ4n) is 2.06. The van der Waals surface area contributed by atoms with Gasteiger partial charge in [0, 0.05) is 18.0 Å². The highest BCUT2D eigenvalue weighted by Gasteiger charge is 2.23. The zero-order valence-corrected chi connectivity index (χ0v) is 13.9. The van der Waals surface area contributed by atoms with Crippen molar-refractivity contribution in [3.63, 3.8) is 0 Å². The van der Waals surface area contributed by atoms with Gasteiger partial charge in [-0.25, -0.2) is 4.98 Å². The molecular formula is C17H28N2O2. The summed E-state index contributed by atoms with van der Waals surface area (Å²) in [5, 5.41) is 3.48. The first-order valence-electron chi connectivity index (χ1n) is 7.81. The Balaban J connectivity index is 2.11. The topological polar surface area (TPSA) is 43.4 Å². The Kier molecular flexibility index (Phi) is 5.22. The van der Waals surface area contributed by atoms with E-state index in [-0.39, 0.29) is 11.5 Å². The summed E-state index contributed by atoms with van der Waals surface area (Å²) in [6.45, 7) is 14.2. The maximum atomic E-state index is 5.89. The minimum atomic E-state index is 0.0162. The van der Waals surface area contributed by atoms with Crippen LogP contribution in [0.5, 0.6) is 5.88 Å². The average molecular weight is 292 g/mol. The fraction of sp³-hybridized carbons (Fsp3) is 0.706. The molecule has 0 aromatic carbocycles. The summed E-state index contributed by atoms with van der Waals surface area (Å²) in [4.78, 5) is 4.66. The molecule has 0 atom stereocenters. The van der Waals surface area contributed by atoms with Crippen LogP contribution in [-0.4, -0.2) is 30.8 Å². The fourth-order valence-corrected chi connectivity index (χ4v) is 2.06. The molecule has 0 amide bonds. The monoisotopic (exact) mass is 292 g/mol. The van der Waals surface area contributed by atoms with Crippen LogP contribution in [0.1, 0.15) is 45.9 Å². The van der Waals surface area contributed by atoms with E-state index in [9.17, 15) is 0 Å². The van der Waals surface area contributed by atoms with Crippen molar-refractivity contribution >= 4 is 0 Å². The Bertz CT molecular complexity index is 462. The largest absolute Gasteiger partial charge is 0.469 e. The first kappa shape index (κ1) is 16.2. The molecule has 1 aliphatic heterocycles. The van der Waals surface area contributed by atoms with E-state index >= 15 is 0 Å². The van der Waals surface area contributed by atoms with E-state index in [4.69, 9.17) is 9.47 Å². The first-order valence-corrected chi connectivity index (χ1v) is 7.81. The van der Waals surface area contributed by atoms with Gasteiger partial charge in [0.2, 0.25) is 5.88 Å². The summed E-state index contributed by atoms with van der Waals surface area (Å²) in [5.41, 5.74) is 2.31. The highest BCUT2D eigenvalue weighted by atomic mass is 16.6. The minimum Gasteiger partial charge on any atom is -0.469 e. The van der Waals surface area contributed by atoms with Crippen molar-refractivity contribution in [1.82, 2.24) is 10.3 Å². The Morgan fingerprint density at radius 3 is 2.57 bits per heavy atom. The van der Waals surface area contributed by atoms with Crippen molar-refractivity contribution < 1.29 is 9.47 Å². The molecule has 1 N–H and O–H groups in total. The molecule has 0 spiro atoms. The van der Waals surface area contributed by atoms with Crippen LogP contribution >= 0.6 is 0 Å². The molecule has 0 aliphatic carbocycles. The normalized spacial score (nSPS) is 16.1. The van der Waals surface area contributed by atoms with Crippen LogP contribution in [-0.2, 0) is 16.7 Å². The lowest BCUT2D eigenvalue weighted by atomic mass is 9.91. The van der Waals surface area contributed by atoms with Crippen LogP contribution in [0, 0.1) is 5.92 Å². The third-order valence-corrected chi connectivity index (χ3v) is 3.41. The standard InChI is InChI=1S/C17H28N2O2/c1-12(2)8-18-9-13-6-15(17(3,4)5)19-16(7-13)21-14-10-20-11-14/h6-7,12,14,18H,8-11H2,1-5H3. The zero-order chi connectivity index (χ0) is 15.5. The second-order valence-corrected chi connectivity index (χ2v) is 7.25. The smallest absolute Gasteiger partial charge is 0.214 e. The van der Waals surface area contributed by atoms with E-state index in [0.717, 1.165) is 24.7 Å². The highest BCUT2D eigenvalue weighted by Crippen LogP contribution is 2.25. The van der Waals surface area contributed by atoms with Crippen LogP contribution in [0.15, 0.2) is 12.1 Å². The summed E-state index contributed by atoms with van der Waals surface area (Å²) in [5.74, 6) is 1.37. The molecule has 2 rings (SSSR count). The van der Waals surface area contributed by atoms with Crippen molar-refractivity contribution in [1.29, 1.82) is 0 Å². The number of hydrogen-bond donors (Lipinski definition) is 1. The van der Waals surface area contributed by atoms with Gasteiger partial charge in [-0.1, -0.05) is 34.6 Å². The summed E-state index contributed by atoms with van der Waals surface area (Å²) in [6, 6.07) is 4.22. The predicted molar refractivity (Wildman–Crippen MR) is 84.7 cm³/mol. The van der Waals surface area contributed by atoms with E-state index in [0.29, 0.717) is 19.1 Å². The number of hydrogen-bond acceptors (Lipinski definition) is 4. The molecular weight excluding hydrogens is 264 g/mol. The average Bonchev–Trinajstić information content (AvgIpc) is 2.32. The van der Waals surface area contributed by atoms with E-state index in [1.807, 2.05) is 6.07 Å². The maximum Gasteiger partial charge on any atom is 0.214 e. The molecule has 1 aromatic heterocycles. The van der Waals surface area contributed by atoms with Gasteiger partial charge >= 0.3 is 0 Å². The van der Waals surface area contributed by atoms with Crippen LogP contribution in [0.4, 0.5) is 0 Å². The molecule has 0 unspecified atom stereocenters. The maximum absolute atomic E-state index is 5.89. The Morgan fingerprint density at radius 1 is 1.33 bits per heavy atom. The lowest BCUT2D eigenvalue weighted by Crippen LogP contribution is -2.39. The van der Waals surface area contributed by atoms with E-state index in [1.54, 1.807) is 0 Å². The number of ether oxygens (including phenoxy) is 2. The SMILES string of the molecule is CC(C)CNCc1cc(OC2COC2)nc(C(C)(C)C)c1. The number of nitrogens with zero attached hydrogens (tertiary/aromatic N) is 1. The van der Waals surface area contributed by atoms with Crippen molar-refractivity contribution in [3.05, 3.63) is 23.4 Å². The van der Waals surface area contributed by atoms with Crippen molar-refractivity contribution in [2.24, 2.45) is 5.92 Å². The van der Waals surface area contributed by atoms with Gasteiger partial charge in [0.25, 0.3) is 0 Å². The molecule has 0 bridgehead atoms. The van der Waals surface area contributed by atoms with Gasteiger partial charge in [0.1, 0.15) is 6.10 Å². The molecule has 118 valence electrons. The van der Waals surface area contributed by atoms with Crippen LogP contribution in [0.2, 0.25) is 0 Å². The zero-order valence-electron chi connectivity index (χ0n) is 13.9. The van der Waals surface area contributed by atoms with E-state index in [2.05, 4.69) is 51.0 Å². The summed E-state index contributed by atoms with van der Waals surface area (Å²) in [7, 11) is 0. The number of nitrogens with one attached hydrogen (secondary N) is 1. The Labute approximate surface area is 128 Å². The second kappa shape index (κ2) is 6.75. The summed E-state index contributed by atoms with van der Waals surface area (Å²) >= 11 is 0. The van der Waals surface area contributed by atoms with Crippen molar-refractivity contribution in [3.8, 4) is 5.88 Å². The minimum absolute atomic E-state index is 0.0162. The van der Waals surface area contributed by atoms with Crippen molar-refractivity contribution in [2.45, 2.75) is 52.7 Å². The molecule has 4 heteroatoms. The van der Waals surface area contributed by atoms with E-state index in [1.165, 1.54) is 5.56 Å². The molecule has 0 radical (unpaired) electrons. The molecule has 0 saturated carbocycles. The Hall–Kier alpha value is -1.13. The van der Waals surface area contributed by atoms with Gasteiger partial charge in [-0.2, -0.15) is 0 Å². The van der Waals surface area contributed by atoms with Crippen LogP contribution < -0.4 is 10.1 Å². The number of rotatable bonds is 6. The highest BCUT2D eigenvalue weighted by molar-refractivity contribution is 5.28. The van der Waals surface area contributed by atoms with Crippen LogP contribution in [0.25, 0.3) is 0 Å².